The van der Waals surface area contributed by atoms with E-state index in [-0.39, 0.29) is 11.5 Å². The molecule has 4 atom stereocenters. The van der Waals surface area contributed by atoms with Gasteiger partial charge in [-0.1, -0.05) is 12.1 Å². The van der Waals surface area contributed by atoms with Crippen LogP contribution in [0.5, 0.6) is 11.5 Å². The summed E-state index contributed by atoms with van der Waals surface area (Å²) in [6.45, 7) is -0.660. The third-order valence-electron chi connectivity index (χ3n) is 3.60. The number of aliphatic hydroxyl groups is 4. The third-order valence-corrected chi connectivity index (χ3v) is 3.60. The zero-order valence-electron chi connectivity index (χ0n) is 12.3. The van der Waals surface area contributed by atoms with Crippen molar-refractivity contribution in [2.45, 2.75) is 24.1 Å². The van der Waals surface area contributed by atoms with Crippen LogP contribution < -0.4 is 4.74 Å². The molecule has 1 unspecified atom stereocenters. The minimum atomic E-state index is -2.63. The van der Waals surface area contributed by atoms with E-state index in [1.54, 1.807) is 0 Å². The van der Waals surface area contributed by atoms with Gasteiger partial charge in [0.2, 0.25) is 5.78 Å². The van der Waals surface area contributed by atoms with Crippen LogP contribution in [0.1, 0.15) is 5.56 Å². The number of ether oxygens (including phenoxy) is 2. The minimum Gasteiger partial charge on any atom is -0.504 e. The number of aliphatic hydroxyl groups excluding tert-OH is 3. The molecule has 8 heteroatoms. The first-order valence-corrected chi connectivity index (χ1v) is 6.80. The number of rotatable bonds is 5. The van der Waals surface area contributed by atoms with Crippen molar-refractivity contribution in [1.29, 1.82) is 0 Å². The SMILES string of the molecule is COc1cc(/C=C/C(=O)C2(O)O[C@H](CO)[C@@H](O)[C@@H]2O)ccc1O. The first kappa shape index (κ1) is 17.4. The number of hydrogen-bond donors (Lipinski definition) is 5. The fourth-order valence-corrected chi connectivity index (χ4v) is 2.24. The summed E-state index contributed by atoms with van der Waals surface area (Å²) >= 11 is 0. The number of aromatic hydroxyl groups is 1. The van der Waals surface area contributed by atoms with Gasteiger partial charge in [-0.2, -0.15) is 0 Å². The van der Waals surface area contributed by atoms with Crippen LogP contribution in [0.2, 0.25) is 0 Å². The molecule has 0 amide bonds. The quantitative estimate of drug-likeness (QED) is 0.425. The standard InChI is InChI=1S/C15H18O8/c1-22-10-6-8(2-4-9(10)17)3-5-12(18)15(21)14(20)13(19)11(7-16)23-15/h2-6,11,13-14,16-17,19-21H,7H2,1H3/b5-3+/t11-,13-,14+,15?/m1/s1. The Hall–Kier alpha value is -1.97. The van der Waals surface area contributed by atoms with Crippen LogP contribution in [0.4, 0.5) is 0 Å². The third kappa shape index (κ3) is 3.21. The molecule has 0 saturated carbocycles. The molecule has 1 aliphatic heterocycles. The Balaban J connectivity index is 2.18. The molecule has 0 aromatic heterocycles. The molecule has 0 radical (unpaired) electrons. The van der Waals surface area contributed by atoms with E-state index >= 15 is 0 Å². The van der Waals surface area contributed by atoms with E-state index in [2.05, 4.69) is 0 Å². The summed E-state index contributed by atoms with van der Waals surface area (Å²) in [6.07, 6.45) is -2.46. The van der Waals surface area contributed by atoms with Crippen LogP contribution in [-0.2, 0) is 9.53 Å². The molecule has 2 rings (SSSR count). The summed E-state index contributed by atoms with van der Waals surface area (Å²) in [6, 6.07) is 4.33. The van der Waals surface area contributed by atoms with Crippen molar-refractivity contribution in [2.24, 2.45) is 0 Å². The van der Waals surface area contributed by atoms with Crippen molar-refractivity contribution in [3.8, 4) is 11.5 Å². The van der Waals surface area contributed by atoms with Crippen LogP contribution in [-0.4, -0.2) is 69.1 Å². The summed E-state index contributed by atoms with van der Waals surface area (Å²) < 4.78 is 9.80. The smallest absolute Gasteiger partial charge is 0.260 e. The zero-order chi connectivity index (χ0) is 17.2. The summed E-state index contributed by atoms with van der Waals surface area (Å²) in [5, 5.41) is 48.0. The van der Waals surface area contributed by atoms with Crippen molar-refractivity contribution in [3.63, 3.8) is 0 Å². The number of phenols is 1. The van der Waals surface area contributed by atoms with Crippen LogP contribution in [0, 0.1) is 0 Å². The molecule has 1 aliphatic rings. The van der Waals surface area contributed by atoms with Gasteiger partial charge in [0.15, 0.2) is 11.5 Å². The summed E-state index contributed by atoms with van der Waals surface area (Å²) in [5.74, 6) is -3.50. The Kier molecular flexibility index (Phi) is 5.03. The zero-order valence-corrected chi connectivity index (χ0v) is 12.3. The number of methoxy groups -OCH3 is 1. The van der Waals surface area contributed by atoms with Crippen LogP contribution in [0.15, 0.2) is 24.3 Å². The molecule has 1 aromatic carbocycles. The van der Waals surface area contributed by atoms with E-state index in [1.165, 1.54) is 31.4 Å². The maximum atomic E-state index is 12.1. The van der Waals surface area contributed by atoms with Gasteiger partial charge in [-0.05, 0) is 23.8 Å². The summed E-state index contributed by atoms with van der Waals surface area (Å²) in [7, 11) is 1.37. The van der Waals surface area contributed by atoms with Gasteiger partial charge in [0.25, 0.3) is 5.79 Å². The fourth-order valence-electron chi connectivity index (χ4n) is 2.24. The topological polar surface area (TPSA) is 137 Å². The van der Waals surface area contributed by atoms with E-state index in [0.717, 1.165) is 6.08 Å². The molecule has 1 saturated heterocycles. The lowest BCUT2D eigenvalue weighted by Gasteiger charge is -2.22. The predicted molar refractivity (Wildman–Crippen MR) is 77.6 cm³/mol. The monoisotopic (exact) mass is 326 g/mol. The van der Waals surface area contributed by atoms with Crippen molar-refractivity contribution in [1.82, 2.24) is 0 Å². The lowest BCUT2D eigenvalue weighted by Crippen LogP contribution is -2.49. The van der Waals surface area contributed by atoms with Crippen LogP contribution in [0.3, 0.4) is 0 Å². The Morgan fingerprint density at radius 2 is 2.13 bits per heavy atom. The molecule has 1 heterocycles. The Morgan fingerprint density at radius 3 is 2.70 bits per heavy atom. The second kappa shape index (κ2) is 6.65. The molecule has 0 aliphatic carbocycles. The maximum absolute atomic E-state index is 12.1. The first-order chi connectivity index (χ1) is 10.8. The number of ketones is 1. The van der Waals surface area contributed by atoms with Crippen molar-refractivity contribution in [3.05, 3.63) is 29.8 Å². The van der Waals surface area contributed by atoms with E-state index in [4.69, 9.17) is 14.6 Å². The highest BCUT2D eigenvalue weighted by molar-refractivity contribution is 5.99. The highest BCUT2D eigenvalue weighted by Crippen LogP contribution is 2.31. The lowest BCUT2D eigenvalue weighted by atomic mass is 10.0. The van der Waals surface area contributed by atoms with Crippen molar-refractivity contribution < 1.29 is 39.8 Å². The molecule has 1 aromatic rings. The molecular formula is C15H18O8. The molecule has 8 nitrogen and oxygen atoms in total. The van der Waals surface area contributed by atoms with E-state index in [0.29, 0.717) is 5.56 Å². The largest absolute Gasteiger partial charge is 0.504 e. The normalized spacial score (nSPS) is 30.7. The van der Waals surface area contributed by atoms with Gasteiger partial charge < -0.3 is 35.0 Å². The Morgan fingerprint density at radius 1 is 1.43 bits per heavy atom. The van der Waals surface area contributed by atoms with Crippen molar-refractivity contribution in [2.75, 3.05) is 13.7 Å². The molecule has 23 heavy (non-hydrogen) atoms. The van der Waals surface area contributed by atoms with Gasteiger partial charge in [-0.15, -0.1) is 0 Å². The highest BCUT2D eigenvalue weighted by Gasteiger charge is 2.56. The Labute approximate surface area is 131 Å². The number of hydrogen-bond acceptors (Lipinski definition) is 8. The molecule has 126 valence electrons. The van der Waals surface area contributed by atoms with Gasteiger partial charge in [0, 0.05) is 0 Å². The van der Waals surface area contributed by atoms with E-state index < -0.39 is 36.5 Å². The number of carbonyl (C=O) groups excluding carboxylic acids is 1. The van der Waals surface area contributed by atoms with Gasteiger partial charge in [-0.3, -0.25) is 4.79 Å². The van der Waals surface area contributed by atoms with Crippen LogP contribution in [0.25, 0.3) is 6.08 Å². The highest BCUT2D eigenvalue weighted by atomic mass is 16.7. The molecule has 5 N–H and O–H groups in total. The molecule has 0 spiro atoms. The minimum absolute atomic E-state index is 0.0712. The second-order valence-electron chi connectivity index (χ2n) is 5.10. The molecule has 0 bridgehead atoms. The number of phenolic OH excluding ortho intramolecular Hbond substituents is 1. The lowest BCUT2D eigenvalue weighted by molar-refractivity contribution is -0.219. The Bertz CT molecular complexity index is 613. The average Bonchev–Trinajstić information content (AvgIpc) is 2.78. The van der Waals surface area contributed by atoms with Gasteiger partial charge >= 0.3 is 0 Å². The first-order valence-electron chi connectivity index (χ1n) is 6.80. The van der Waals surface area contributed by atoms with Crippen molar-refractivity contribution >= 4 is 11.9 Å². The summed E-state index contributed by atoms with van der Waals surface area (Å²) in [5.41, 5.74) is 0.489. The summed E-state index contributed by atoms with van der Waals surface area (Å²) in [4.78, 5) is 12.1. The molecule has 1 fully saturated rings. The van der Waals surface area contributed by atoms with Crippen LogP contribution >= 0.6 is 0 Å². The number of carbonyl (C=O) groups is 1. The van der Waals surface area contributed by atoms with E-state index in [1.807, 2.05) is 0 Å². The maximum Gasteiger partial charge on any atom is 0.260 e. The fraction of sp³-hybridized carbons (Fsp3) is 0.400. The van der Waals surface area contributed by atoms with Gasteiger partial charge in [0.05, 0.1) is 13.7 Å². The average molecular weight is 326 g/mol. The number of benzene rings is 1. The second-order valence-corrected chi connectivity index (χ2v) is 5.10. The van der Waals surface area contributed by atoms with Gasteiger partial charge in [0.1, 0.15) is 18.3 Å². The van der Waals surface area contributed by atoms with E-state index in [9.17, 15) is 25.2 Å². The predicted octanol–water partition coefficient (Wildman–Crippen LogP) is -1.22. The van der Waals surface area contributed by atoms with Gasteiger partial charge in [-0.25, -0.2) is 0 Å². The molecular weight excluding hydrogens is 308 g/mol.